The van der Waals surface area contributed by atoms with E-state index in [4.69, 9.17) is 14.8 Å². The molecule has 0 radical (unpaired) electrons. The predicted molar refractivity (Wildman–Crippen MR) is 133 cm³/mol. The fraction of sp³-hybridized carbons (Fsp3) is 0.519. The number of anilines is 1. The second-order valence-electron chi connectivity index (χ2n) is 10.2. The largest absolute Gasteiger partial charge is 0.464 e. The summed E-state index contributed by atoms with van der Waals surface area (Å²) < 4.78 is 7.02. The maximum atomic E-state index is 12.7. The zero-order valence-electron chi connectivity index (χ0n) is 19.9. The number of nitrogens with zero attached hydrogens (tertiary/aromatic N) is 4. The molecule has 0 amide bonds. The summed E-state index contributed by atoms with van der Waals surface area (Å²) in [5, 5.41) is 9.74. The molecule has 2 saturated heterocycles. The maximum Gasteiger partial charge on any atom is 0.356 e. The van der Waals surface area contributed by atoms with Gasteiger partial charge in [0.15, 0.2) is 11.3 Å². The monoisotopic (exact) mass is 459 g/mol. The third-order valence-electron chi connectivity index (χ3n) is 8.36. The van der Waals surface area contributed by atoms with E-state index in [2.05, 4.69) is 10.2 Å². The number of esters is 1. The molecule has 1 aromatic carbocycles. The van der Waals surface area contributed by atoms with Crippen molar-refractivity contribution in [1.82, 2.24) is 20.1 Å². The summed E-state index contributed by atoms with van der Waals surface area (Å²) in [6.07, 6.45) is 8.48. The molecule has 3 fully saturated rings. The number of piperidine rings is 2. The van der Waals surface area contributed by atoms with E-state index in [1.165, 1.54) is 39.2 Å². The summed E-state index contributed by atoms with van der Waals surface area (Å²) >= 11 is 0. The lowest BCUT2D eigenvalue weighted by Crippen LogP contribution is -2.45. The second kappa shape index (κ2) is 8.69. The Balaban J connectivity index is 1.48. The number of rotatable bonds is 4. The molecule has 34 heavy (non-hydrogen) atoms. The first kappa shape index (κ1) is 21.6. The van der Waals surface area contributed by atoms with Gasteiger partial charge in [0, 0.05) is 19.0 Å². The average molecular weight is 460 g/mol. The lowest BCUT2D eigenvalue weighted by Gasteiger charge is -2.45. The smallest absolute Gasteiger partial charge is 0.356 e. The summed E-state index contributed by atoms with van der Waals surface area (Å²) in [4.78, 5) is 19.9. The molecule has 2 aromatic heterocycles. The molecular formula is C27H33N5O2. The molecule has 1 saturated carbocycles. The van der Waals surface area contributed by atoms with Gasteiger partial charge in [0.1, 0.15) is 0 Å². The molecular weight excluding hydrogens is 426 g/mol. The summed E-state index contributed by atoms with van der Waals surface area (Å²) in [6, 6.07) is 12.1. The van der Waals surface area contributed by atoms with Crippen molar-refractivity contribution in [3.05, 3.63) is 47.8 Å². The first-order valence-electron chi connectivity index (χ1n) is 12.7. The summed E-state index contributed by atoms with van der Waals surface area (Å²) in [5.41, 5.74) is 4.76. The first-order chi connectivity index (χ1) is 16.7. The van der Waals surface area contributed by atoms with Crippen LogP contribution in [-0.2, 0) is 4.74 Å². The van der Waals surface area contributed by atoms with Gasteiger partial charge in [-0.15, -0.1) is 0 Å². The van der Waals surface area contributed by atoms with E-state index in [1.807, 2.05) is 41.1 Å². The molecule has 6 rings (SSSR count). The van der Waals surface area contributed by atoms with Crippen molar-refractivity contribution in [2.45, 2.75) is 50.9 Å². The van der Waals surface area contributed by atoms with E-state index >= 15 is 0 Å². The van der Waals surface area contributed by atoms with Gasteiger partial charge in [-0.1, -0.05) is 24.6 Å². The van der Waals surface area contributed by atoms with E-state index < -0.39 is 5.97 Å². The number of hydrogen-bond acceptors (Lipinski definition) is 6. The minimum Gasteiger partial charge on any atom is -0.464 e. The SMILES string of the molecule is COC(=O)c1cc(N2CCC3(CCNCC3)CC2)c2c(C3CCC3)nn(-c3ccccc3)c2n1. The second-order valence-corrected chi connectivity index (χ2v) is 10.2. The minimum absolute atomic E-state index is 0.351. The highest BCUT2D eigenvalue weighted by atomic mass is 16.5. The quantitative estimate of drug-likeness (QED) is 0.582. The van der Waals surface area contributed by atoms with Crippen molar-refractivity contribution >= 4 is 22.7 Å². The number of hydrogen-bond donors (Lipinski definition) is 1. The normalized spacial score (nSPS) is 20.4. The average Bonchev–Trinajstić information content (AvgIpc) is 3.22. The van der Waals surface area contributed by atoms with Gasteiger partial charge in [-0.05, 0) is 75.2 Å². The molecule has 1 aliphatic carbocycles. The molecule has 0 unspecified atom stereocenters. The van der Waals surface area contributed by atoms with Crippen molar-refractivity contribution in [3.8, 4) is 5.69 Å². The Morgan fingerprint density at radius 1 is 1.09 bits per heavy atom. The molecule has 1 spiro atoms. The Kier molecular flexibility index (Phi) is 5.52. The number of ether oxygens (including phenoxy) is 1. The molecule has 4 heterocycles. The van der Waals surface area contributed by atoms with Crippen LogP contribution in [0.25, 0.3) is 16.7 Å². The van der Waals surface area contributed by atoms with Crippen LogP contribution in [0.4, 0.5) is 5.69 Å². The fourth-order valence-electron chi connectivity index (χ4n) is 5.98. The Bertz CT molecular complexity index is 1180. The Hall–Kier alpha value is -2.93. The highest BCUT2D eigenvalue weighted by Gasteiger charge is 2.37. The lowest BCUT2D eigenvalue weighted by atomic mass is 9.71. The number of aromatic nitrogens is 3. The van der Waals surface area contributed by atoms with Crippen LogP contribution >= 0.6 is 0 Å². The molecule has 1 N–H and O–H groups in total. The van der Waals surface area contributed by atoms with Crippen LogP contribution in [0.3, 0.4) is 0 Å². The van der Waals surface area contributed by atoms with Gasteiger partial charge < -0.3 is 15.0 Å². The number of carbonyl (C=O) groups excluding carboxylic acids is 1. The van der Waals surface area contributed by atoms with Gasteiger partial charge in [0.2, 0.25) is 0 Å². The van der Waals surface area contributed by atoms with Gasteiger partial charge in [0.25, 0.3) is 0 Å². The van der Waals surface area contributed by atoms with Crippen LogP contribution in [0.5, 0.6) is 0 Å². The van der Waals surface area contributed by atoms with E-state index in [0.717, 1.165) is 67.1 Å². The minimum atomic E-state index is -0.402. The molecule has 3 aliphatic rings. The fourth-order valence-corrected chi connectivity index (χ4v) is 5.98. The number of methoxy groups -OCH3 is 1. The molecule has 7 nitrogen and oxygen atoms in total. The Labute approximate surface area is 200 Å². The van der Waals surface area contributed by atoms with Crippen molar-refractivity contribution < 1.29 is 9.53 Å². The van der Waals surface area contributed by atoms with E-state index in [9.17, 15) is 4.79 Å². The van der Waals surface area contributed by atoms with Crippen LogP contribution in [-0.4, -0.2) is 54.0 Å². The Morgan fingerprint density at radius 3 is 2.47 bits per heavy atom. The number of pyridine rings is 1. The topological polar surface area (TPSA) is 72.3 Å². The van der Waals surface area contributed by atoms with Gasteiger partial charge in [-0.3, -0.25) is 0 Å². The standard InChI is InChI=1S/C27H33N5O2/c1-34-26(33)21-18-22(31-16-12-27(13-17-31)10-14-28-15-11-27)23-24(19-6-5-7-19)30-32(25(23)29-21)20-8-3-2-4-9-20/h2-4,8-9,18-19,28H,5-7,10-17H2,1H3. The van der Waals surface area contributed by atoms with Gasteiger partial charge in [-0.2, -0.15) is 5.10 Å². The van der Waals surface area contributed by atoms with Gasteiger partial charge >= 0.3 is 5.97 Å². The molecule has 3 aromatic rings. The summed E-state index contributed by atoms with van der Waals surface area (Å²) in [6.45, 7) is 4.25. The van der Waals surface area contributed by atoms with E-state index in [0.29, 0.717) is 17.0 Å². The van der Waals surface area contributed by atoms with Crippen LogP contribution in [0.15, 0.2) is 36.4 Å². The molecule has 178 valence electrons. The van der Waals surface area contributed by atoms with Crippen molar-refractivity contribution in [2.75, 3.05) is 38.2 Å². The van der Waals surface area contributed by atoms with E-state index in [1.54, 1.807) is 0 Å². The Morgan fingerprint density at radius 2 is 1.82 bits per heavy atom. The van der Waals surface area contributed by atoms with Crippen LogP contribution in [0, 0.1) is 5.41 Å². The van der Waals surface area contributed by atoms with Crippen LogP contribution in [0.2, 0.25) is 0 Å². The zero-order valence-corrected chi connectivity index (χ0v) is 19.9. The number of para-hydroxylation sites is 1. The third kappa shape index (κ3) is 3.66. The van der Waals surface area contributed by atoms with Crippen molar-refractivity contribution in [2.24, 2.45) is 5.41 Å². The molecule has 2 aliphatic heterocycles. The van der Waals surface area contributed by atoms with E-state index in [-0.39, 0.29) is 0 Å². The van der Waals surface area contributed by atoms with Gasteiger partial charge in [-0.25, -0.2) is 14.5 Å². The highest BCUT2D eigenvalue weighted by molar-refractivity contribution is 5.99. The summed E-state index contributed by atoms with van der Waals surface area (Å²) in [5.74, 6) is 0.0542. The molecule has 0 atom stereocenters. The number of nitrogens with one attached hydrogen (secondary N) is 1. The van der Waals surface area contributed by atoms with Crippen molar-refractivity contribution in [3.63, 3.8) is 0 Å². The molecule has 0 bridgehead atoms. The number of carbonyl (C=O) groups is 1. The predicted octanol–water partition coefficient (Wildman–Crippen LogP) is 4.44. The van der Waals surface area contributed by atoms with Crippen LogP contribution in [0.1, 0.15) is 67.0 Å². The lowest BCUT2D eigenvalue weighted by molar-refractivity contribution is 0.0594. The van der Waals surface area contributed by atoms with Crippen molar-refractivity contribution in [1.29, 1.82) is 0 Å². The van der Waals surface area contributed by atoms with Gasteiger partial charge in [0.05, 0.1) is 29.6 Å². The number of fused-ring (bicyclic) bond motifs is 1. The highest BCUT2D eigenvalue weighted by Crippen LogP contribution is 2.45. The third-order valence-corrected chi connectivity index (χ3v) is 8.36. The maximum absolute atomic E-state index is 12.7. The summed E-state index contributed by atoms with van der Waals surface area (Å²) in [7, 11) is 1.42. The molecule has 7 heteroatoms. The zero-order chi connectivity index (χ0) is 23.1. The number of benzene rings is 1. The first-order valence-corrected chi connectivity index (χ1v) is 12.7. The van der Waals surface area contributed by atoms with Crippen LogP contribution < -0.4 is 10.2 Å².